The molecule has 0 fully saturated rings. The van der Waals surface area contributed by atoms with Crippen molar-refractivity contribution in [1.82, 2.24) is 15.0 Å². The van der Waals surface area contributed by atoms with Crippen molar-refractivity contribution in [2.45, 2.75) is 32.4 Å². The Morgan fingerprint density at radius 1 is 1.42 bits per heavy atom. The number of rotatable bonds is 11. The molecule has 1 aromatic carbocycles. The molecule has 0 aliphatic rings. The van der Waals surface area contributed by atoms with Gasteiger partial charge in [0.2, 0.25) is 0 Å². The monoisotopic (exact) mass is 459 g/mol. The Morgan fingerprint density at radius 3 is 2.77 bits per heavy atom. The van der Waals surface area contributed by atoms with Crippen LogP contribution in [0.2, 0.25) is 0 Å². The van der Waals surface area contributed by atoms with Crippen molar-refractivity contribution in [1.29, 1.82) is 0 Å². The molecular formula is C17H22FN5O7S. The number of carbonyl (C=O) groups is 1. The largest absolute Gasteiger partial charge is 0.468 e. The minimum atomic E-state index is -4.13. The minimum Gasteiger partial charge on any atom is -0.468 e. The molecule has 0 aliphatic heterocycles. The number of halogens is 1. The van der Waals surface area contributed by atoms with Gasteiger partial charge in [-0.2, -0.15) is 13.1 Å². The van der Waals surface area contributed by atoms with E-state index in [1.54, 1.807) is 19.1 Å². The van der Waals surface area contributed by atoms with Crippen molar-refractivity contribution in [2.24, 2.45) is 10.3 Å². The average Bonchev–Trinajstić information content (AvgIpc) is 3.17. The Labute approximate surface area is 177 Å². The van der Waals surface area contributed by atoms with Gasteiger partial charge >= 0.3 is 5.97 Å². The van der Waals surface area contributed by atoms with Crippen LogP contribution in [-0.4, -0.2) is 55.4 Å². The quantitative estimate of drug-likeness (QED) is 0.139. The average molecular weight is 459 g/mol. The highest BCUT2D eigenvalue weighted by Crippen LogP contribution is 2.14. The van der Waals surface area contributed by atoms with Crippen molar-refractivity contribution >= 4 is 21.9 Å². The summed E-state index contributed by atoms with van der Waals surface area (Å²) in [6, 6.07) is 3.35. The molecule has 1 heterocycles. The van der Waals surface area contributed by atoms with E-state index in [2.05, 4.69) is 24.8 Å². The predicted octanol–water partition coefficient (Wildman–Crippen LogP) is 0.180. The van der Waals surface area contributed by atoms with Gasteiger partial charge in [0.25, 0.3) is 10.2 Å². The third kappa shape index (κ3) is 7.36. The predicted molar refractivity (Wildman–Crippen MR) is 104 cm³/mol. The second kappa shape index (κ2) is 10.9. The molecule has 0 spiro atoms. The van der Waals surface area contributed by atoms with Gasteiger partial charge in [-0.05, 0) is 35.7 Å². The van der Waals surface area contributed by atoms with Crippen molar-refractivity contribution in [3.8, 4) is 0 Å². The Kier molecular flexibility index (Phi) is 8.56. The summed E-state index contributed by atoms with van der Waals surface area (Å²) in [5.74, 6) is -1.23. The third-order valence-corrected chi connectivity index (χ3v) is 4.75. The number of aromatic nitrogens is 2. The number of hydrogen-bond acceptors (Lipinski definition) is 10. The van der Waals surface area contributed by atoms with E-state index >= 15 is 0 Å². The molecule has 1 aromatic heterocycles. The molecule has 0 radical (unpaired) electrons. The molecule has 4 N–H and O–H groups in total. The SMILES string of the molecule is COC(=O)C(CCOCc1nonc1/C(Cc1ccc(C)c(F)c1)=N/O)NS(N)(=O)=O. The first-order valence-corrected chi connectivity index (χ1v) is 10.4. The fourth-order valence-corrected chi connectivity index (χ4v) is 3.17. The number of nitrogens with two attached hydrogens (primary N) is 1. The lowest BCUT2D eigenvalue weighted by molar-refractivity contribution is -0.143. The Morgan fingerprint density at radius 2 is 2.16 bits per heavy atom. The van der Waals surface area contributed by atoms with Gasteiger partial charge in [-0.1, -0.05) is 22.4 Å². The zero-order valence-corrected chi connectivity index (χ0v) is 17.6. The number of carbonyl (C=O) groups excluding carboxylic acids is 1. The molecule has 12 nitrogen and oxygen atoms in total. The number of methoxy groups -OCH3 is 1. The summed E-state index contributed by atoms with van der Waals surface area (Å²) in [6.45, 7) is 1.40. The van der Waals surface area contributed by atoms with Crippen LogP contribution in [-0.2, 0) is 37.5 Å². The summed E-state index contributed by atoms with van der Waals surface area (Å²) >= 11 is 0. The van der Waals surface area contributed by atoms with Gasteiger partial charge < -0.3 is 14.7 Å². The maximum absolute atomic E-state index is 13.8. The zero-order valence-electron chi connectivity index (χ0n) is 16.7. The lowest BCUT2D eigenvalue weighted by atomic mass is 10.0. The lowest BCUT2D eigenvalue weighted by Gasteiger charge is -2.14. The first-order valence-electron chi connectivity index (χ1n) is 8.88. The maximum Gasteiger partial charge on any atom is 0.324 e. The van der Waals surface area contributed by atoms with Crippen LogP contribution in [0.3, 0.4) is 0 Å². The summed E-state index contributed by atoms with van der Waals surface area (Å²) in [5.41, 5.74) is 1.39. The highest BCUT2D eigenvalue weighted by Gasteiger charge is 2.23. The number of benzene rings is 1. The topological polar surface area (TPSA) is 179 Å². The second-order valence-corrected chi connectivity index (χ2v) is 7.77. The molecule has 1 atom stereocenters. The fraction of sp³-hybridized carbons (Fsp3) is 0.412. The van der Waals surface area contributed by atoms with Gasteiger partial charge in [-0.3, -0.25) is 4.79 Å². The van der Waals surface area contributed by atoms with Gasteiger partial charge in [0.15, 0.2) is 5.69 Å². The molecule has 170 valence electrons. The summed E-state index contributed by atoms with van der Waals surface area (Å²) in [7, 11) is -3.03. The van der Waals surface area contributed by atoms with E-state index in [0.29, 0.717) is 11.1 Å². The molecule has 1 unspecified atom stereocenters. The van der Waals surface area contributed by atoms with E-state index < -0.39 is 28.0 Å². The standard InChI is InChI=1S/C17H22FN5O7S/c1-10-3-4-11(7-12(10)18)8-14(20-25)16-15(21-30-22-16)9-29-6-5-13(17(24)28-2)23-31(19,26)27/h3-4,7,13,23,25H,5-6,8-9H2,1-2H3,(H2,19,26,27)/b20-14+. The molecule has 0 aliphatic carbocycles. The van der Waals surface area contributed by atoms with Crippen molar-refractivity contribution < 1.29 is 36.9 Å². The van der Waals surface area contributed by atoms with Crippen LogP contribution < -0.4 is 9.86 Å². The molecule has 14 heteroatoms. The number of ether oxygens (including phenoxy) is 2. The van der Waals surface area contributed by atoms with E-state index in [1.165, 1.54) is 6.07 Å². The van der Waals surface area contributed by atoms with E-state index in [1.807, 2.05) is 4.72 Å². The van der Waals surface area contributed by atoms with Crippen LogP contribution in [0.25, 0.3) is 0 Å². The van der Waals surface area contributed by atoms with Crippen LogP contribution in [0.5, 0.6) is 0 Å². The number of aryl methyl sites for hydroxylation is 1. The smallest absolute Gasteiger partial charge is 0.324 e. The van der Waals surface area contributed by atoms with Crippen LogP contribution >= 0.6 is 0 Å². The van der Waals surface area contributed by atoms with Crippen LogP contribution in [0.4, 0.5) is 4.39 Å². The first-order chi connectivity index (χ1) is 14.6. The summed E-state index contributed by atoms with van der Waals surface area (Å²) in [4.78, 5) is 11.6. The number of nitrogens with one attached hydrogen (secondary N) is 1. The summed E-state index contributed by atoms with van der Waals surface area (Å²) in [5, 5.41) is 24.8. The maximum atomic E-state index is 13.8. The van der Waals surface area contributed by atoms with Crippen LogP contribution in [0.15, 0.2) is 28.0 Å². The Hall–Kier alpha value is -2.94. The number of hydrogen-bond donors (Lipinski definition) is 3. The molecule has 0 saturated carbocycles. The zero-order chi connectivity index (χ0) is 23.0. The summed E-state index contributed by atoms with van der Waals surface area (Å²) in [6.07, 6.45) is -0.0229. The van der Waals surface area contributed by atoms with Crippen molar-refractivity contribution in [3.63, 3.8) is 0 Å². The molecule has 2 rings (SSSR count). The normalized spacial score (nSPS) is 13.2. The van der Waals surface area contributed by atoms with Crippen LogP contribution in [0.1, 0.15) is 28.9 Å². The Balaban J connectivity index is 1.99. The van der Waals surface area contributed by atoms with E-state index in [-0.39, 0.29) is 43.2 Å². The number of oxime groups is 1. The van der Waals surface area contributed by atoms with E-state index in [9.17, 15) is 22.8 Å². The molecule has 31 heavy (non-hydrogen) atoms. The Bertz CT molecular complexity index is 1040. The first kappa shape index (κ1) is 24.3. The highest BCUT2D eigenvalue weighted by molar-refractivity contribution is 7.87. The molecular weight excluding hydrogens is 437 g/mol. The minimum absolute atomic E-state index is 0.0532. The van der Waals surface area contributed by atoms with Gasteiger partial charge in [-0.15, -0.1) is 0 Å². The van der Waals surface area contributed by atoms with Crippen molar-refractivity contribution in [2.75, 3.05) is 13.7 Å². The van der Waals surface area contributed by atoms with Gasteiger partial charge in [0, 0.05) is 13.0 Å². The molecule has 0 amide bonds. The van der Waals surface area contributed by atoms with Crippen LogP contribution in [0, 0.1) is 12.7 Å². The molecule has 2 aromatic rings. The van der Waals surface area contributed by atoms with Gasteiger partial charge in [-0.25, -0.2) is 14.2 Å². The molecule has 0 bridgehead atoms. The lowest BCUT2D eigenvalue weighted by Crippen LogP contribution is -2.45. The second-order valence-electron chi connectivity index (χ2n) is 6.45. The number of esters is 1. The summed E-state index contributed by atoms with van der Waals surface area (Å²) < 4.78 is 52.6. The highest BCUT2D eigenvalue weighted by atomic mass is 32.2. The van der Waals surface area contributed by atoms with Gasteiger partial charge in [0.05, 0.1) is 13.7 Å². The molecule has 0 saturated heterocycles. The van der Waals surface area contributed by atoms with E-state index in [0.717, 1.165) is 7.11 Å². The third-order valence-electron chi connectivity index (χ3n) is 4.14. The van der Waals surface area contributed by atoms with Crippen molar-refractivity contribution in [3.05, 3.63) is 46.5 Å². The van der Waals surface area contributed by atoms with E-state index in [4.69, 9.17) is 9.88 Å². The van der Waals surface area contributed by atoms with Gasteiger partial charge in [0.1, 0.15) is 23.3 Å². The number of nitrogens with zero attached hydrogens (tertiary/aromatic N) is 3. The fourth-order valence-electron chi connectivity index (χ4n) is 2.56.